The lowest BCUT2D eigenvalue weighted by atomic mass is 10.2. The number of hydrogen-bond donors (Lipinski definition) is 1. The minimum atomic E-state index is -0.342. The lowest BCUT2D eigenvalue weighted by Gasteiger charge is -2.35. The fraction of sp³-hybridized carbons (Fsp3) is 0.529. The number of amides is 3. The van der Waals surface area contributed by atoms with Crippen LogP contribution in [0.3, 0.4) is 0 Å². The summed E-state index contributed by atoms with van der Waals surface area (Å²) in [7, 11) is 0. The van der Waals surface area contributed by atoms with E-state index in [4.69, 9.17) is 4.74 Å². The van der Waals surface area contributed by atoms with E-state index in [-0.39, 0.29) is 42.4 Å². The third-order valence-electron chi connectivity index (χ3n) is 4.30. The summed E-state index contributed by atoms with van der Waals surface area (Å²) in [4.78, 5) is 27.9. The lowest BCUT2D eigenvalue weighted by Crippen LogP contribution is -2.53. The molecule has 2 fully saturated rings. The van der Waals surface area contributed by atoms with Crippen molar-refractivity contribution >= 4 is 17.6 Å². The van der Waals surface area contributed by atoms with E-state index >= 15 is 0 Å². The zero-order valence-electron chi connectivity index (χ0n) is 13.9. The van der Waals surface area contributed by atoms with Gasteiger partial charge in [0, 0.05) is 31.7 Å². The molecule has 6 nitrogen and oxygen atoms in total. The second-order valence-corrected chi connectivity index (χ2v) is 6.49. The Morgan fingerprint density at radius 2 is 1.79 bits per heavy atom. The Hall–Kier alpha value is -2.15. The summed E-state index contributed by atoms with van der Waals surface area (Å²) in [6.07, 6.45) is 0.249. The van der Waals surface area contributed by atoms with Crippen molar-refractivity contribution in [2.24, 2.45) is 0 Å². The van der Waals surface area contributed by atoms with Crippen molar-refractivity contribution in [3.63, 3.8) is 0 Å². The number of morpholine rings is 1. The van der Waals surface area contributed by atoms with Crippen molar-refractivity contribution < 1.29 is 18.7 Å². The van der Waals surface area contributed by atoms with E-state index in [1.807, 2.05) is 13.8 Å². The summed E-state index contributed by atoms with van der Waals surface area (Å²) in [5, 5.41) is 2.93. The molecule has 0 saturated carbocycles. The summed E-state index contributed by atoms with van der Waals surface area (Å²) in [5.74, 6) is -0.415. The highest BCUT2D eigenvalue weighted by Gasteiger charge is 2.33. The van der Waals surface area contributed by atoms with Crippen LogP contribution in [-0.4, -0.2) is 54.7 Å². The monoisotopic (exact) mass is 335 g/mol. The predicted molar refractivity (Wildman–Crippen MR) is 87.3 cm³/mol. The van der Waals surface area contributed by atoms with Crippen molar-refractivity contribution in [2.75, 3.05) is 24.5 Å². The highest BCUT2D eigenvalue weighted by atomic mass is 19.1. The van der Waals surface area contributed by atoms with E-state index in [1.165, 1.54) is 12.1 Å². The van der Waals surface area contributed by atoms with Gasteiger partial charge in [0.15, 0.2) is 0 Å². The van der Waals surface area contributed by atoms with E-state index in [1.54, 1.807) is 21.9 Å². The molecule has 3 rings (SSSR count). The number of hydrogen-bond acceptors (Lipinski definition) is 3. The first kappa shape index (κ1) is 16.7. The van der Waals surface area contributed by atoms with Crippen LogP contribution in [0.1, 0.15) is 20.3 Å². The normalized spacial score (nSPS) is 27.5. The molecule has 2 saturated heterocycles. The lowest BCUT2D eigenvalue weighted by molar-refractivity contribution is -0.117. The maximum absolute atomic E-state index is 13.0. The fourth-order valence-corrected chi connectivity index (χ4v) is 3.28. The van der Waals surface area contributed by atoms with E-state index < -0.39 is 0 Å². The standard InChI is InChI=1S/C17H22FN3O3/c1-11-8-20(9-12(2)24-11)17(23)19-14-7-16(22)21(10-14)15-5-3-13(18)4-6-15/h3-6,11-12,14H,7-10H2,1-2H3,(H,19,23)/t11-,12-,14-/m1/s1. The van der Waals surface area contributed by atoms with Crippen LogP contribution in [0.5, 0.6) is 0 Å². The van der Waals surface area contributed by atoms with Gasteiger partial charge in [0.2, 0.25) is 5.91 Å². The first-order valence-electron chi connectivity index (χ1n) is 8.19. The number of carbonyl (C=O) groups is 2. The van der Waals surface area contributed by atoms with Crippen LogP contribution >= 0.6 is 0 Å². The molecule has 0 aromatic heterocycles. The maximum Gasteiger partial charge on any atom is 0.317 e. The van der Waals surface area contributed by atoms with Crippen LogP contribution in [0, 0.1) is 5.82 Å². The molecule has 2 heterocycles. The molecule has 1 aromatic rings. The molecule has 7 heteroatoms. The number of nitrogens with zero attached hydrogens (tertiary/aromatic N) is 2. The van der Waals surface area contributed by atoms with E-state index in [9.17, 15) is 14.0 Å². The zero-order valence-corrected chi connectivity index (χ0v) is 13.9. The third-order valence-corrected chi connectivity index (χ3v) is 4.30. The third kappa shape index (κ3) is 3.67. The number of rotatable bonds is 2. The Morgan fingerprint density at radius 1 is 1.17 bits per heavy atom. The number of carbonyl (C=O) groups excluding carboxylic acids is 2. The molecular weight excluding hydrogens is 313 g/mol. The molecule has 0 spiro atoms. The number of ether oxygens (including phenoxy) is 1. The van der Waals surface area contributed by atoms with Crippen LogP contribution in [0.4, 0.5) is 14.9 Å². The van der Waals surface area contributed by atoms with Gasteiger partial charge >= 0.3 is 6.03 Å². The van der Waals surface area contributed by atoms with Gasteiger partial charge in [-0.25, -0.2) is 9.18 Å². The maximum atomic E-state index is 13.0. The number of benzene rings is 1. The minimum absolute atomic E-state index is 0.000392. The average Bonchev–Trinajstić information content (AvgIpc) is 2.87. The Kier molecular flexibility index (Phi) is 4.71. The van der Waals surface area contributed by atoms with Crippen LogP contribution in [-0.2, 0) is 9.53 Å². The Labute approximate surface area is 140 Å². The summed E-state index contributed by atoms with van der Waals surface area (Å²) < 4.78 is 18.6. The second-order valence-electron chi connectivity index (χ2n) is 6.49. The van der Waals surface area contributed by atoms with Crippen LogP contribution in [0.15, 0.2) is 24.3 Å². The van der Waals surface area contributed by atoms with Crippen molar-refractivity contribution in [3.05, 3.63) is 30.1 Å². The number of anilines is 1. The molecule has 130 valence electrons. The van der Waals surface area contributed by atoms with Gasteiger partial charge < -0.3 is 19.9 Å². The largest absolute Gasteiger partial charge is 0.372 e. The SMILES string of the molecule is C[C@@H]1CN(C(=O)N[C@@H]2CC(=O)N(c3ccc(F)cc3)C2)C[C@@H](C)O1. The molecule has 24 heavy (non-hydrogen) atoms. The number of nitrogens with one attached hydrogen (secondary N) is 1. The first-order valence-corrected chi connectivity index (χ1v) is 8.19. The molecule has 3 atom stereocenters. The van der Waals surface area contributed by atoms with E-state index in [0.29, 0.717) is 25.3 Å². The van der Waals surface area contributed by atoms with Crippen LogP contribution < -0.4 is 10.2 Å². The number of halogens is 1. The molecule has 1 N–H and O–H groups in total. The van der Waals surface area contributed by atoms with Gasteiger partial charge in [-0.2, -0.15) is 0 Å². The van der Waals surface area contributed by atoms with Gasteiger partial charge in [0.25, 0.3) is 0 Å². The summed E-state index contributed by atoms with van der Waals surface area (Å²) in [6, 6.07) is 5.38. The topological polar surface area (TPSA) is 61.9 Å². The van der Waals surface area contributed by atoms with Crippen molar-refractivity contribution in [1.29, 1.82) is 0 Å². The number of urea groups is 1. The zero-order chi connectivity index (χ0) is 17.3. The highest BCUT2D eigenvalue weighted by molar-refractivity contribution is 5.96. The molecule has 0 aliphatic carbocycles. The first-order chi connectivity index (χ1) is 11.4. The van der Waals surface area contributed by atoms with Crippen molar-refractivity contribution in [2.45, 2.75) is 38.5 Å². The smallest absolute Gasteiger partial charge is 0.317 e. The summed E-state index contributed by atoms with van der Waals surface area (Å²) in [6.45, 7) is 5.35. The van der Waals surface area contributed by atoms with Crippen molar-refractivity contribution in [1.82, 2.24) is 10.2 Å². The molecule has 1 aromatic carbocycles. The van der Waals surface area contributed by atoms with Crippen LogP contribution in [0.25, 0.3) is 0 Å². The van der Waals surface area contributed by atoms with Gasteiger partial charge in [-0.3, -0.25) is 4.79 Å². The Balaban J connectivity index is 1.59. The fourth-order valence-electron chi connectivity index (χ4n) is 3.28. The summed E-state index contributed by atoms with van der Waals surface area (Å²) >= 11 is 0. The van der Waals surface area contributed by atoms with Gasteiger partial charge in [-0.1, -0.05) is 0 Å². The molecule has 0 radical (unpaired) electrons. The highest BCUT2D eigenvalue weighted by Crippen LogP contribution is 2.22. The second kappa shape index (κ2) is 6.76. The molecule has 2 aliphatic rings. The van der Waals surface area contributed by atoms with E-state index in [0.717, 1.165) is 0 Å². The molecular formula is C17H22FN3O3. The van der Waals surface area contributed by atoms with Crippen LogP contribution in [0.2, 0.25) is 0 Å². The molecule has 2 aliphatic heterocycles. The Morgan fingerprint density at radius 3 is 2.42 bits per heavy atom. The predicted octanol–water partition coefficient (Wildman–Crippen LogP) is 1.75. The molecule has 0 bridgehead atoms. The van der Waals surface area contributed by atoms with Gasteiger partial charge in [0.1, 0.15) is 5.82 Å². The summed E-state index contributed by atoms with van der Waals surface area (Å²) in [5.41, 5.74) is 0.645. The average molecular weight is 335 g/mol. The van der Waals surface area contributed by atoms with Crippen molar-refractivity contribution in [3.8, 4) is 0 Å². The Bertz CT molecular complexity index is 612. The minimum Gasteiger partial charge on any atom is -0.372 e. The molecule has 3 amide bonds. The van der Waals surface area contributed by atoms with Gasteiger partial charge in [-0.15, -0.1) is 0 Å². The quantitative estimate of drug-likeness (QED) is 0.896. The van der Waals surface area contributed by atoms with E-state index in [2.05, 4.69) is 5.32 Å². The molecule has 0 unspecified atom stereocenters. The van der Waals surface area contributed by atoms with Gasteiger partial charge in [-0.05, 0) is 38.1 Å². The van der Waals surface area contributed by atoms with Gasteiger partial charge in [0.05, 0.1) is 18.2 Å².